The minimum absolute atomic E-state index is 0.000889. The predicted octanol–water partition coefficient (Wildman–Crippen LogP) is 8.57. The second kappa shape index (κ2) is 26.7. The van der Waals surface area contributed by atoms with Crippen LogP contribution in [-0.2, 0) is 40.5 Å². The highest BCUT2D eigenvalue weighted by Crippen LogP contribution is 2.31. The third-order valence-electron chi connectivity index (χ3n) is 12.2. The van der Waals surface area contributed by atoms with Gasteiger partial charge in [-0.15, -0.1) is 22.7 Å². The molecule has 0 aliphatic carbocycles. The minimum atomic E-state index is -1.47. The van der Waals surface area contributed by atoms with Gasteiger partial charge in [0.2, 0.25) is 11.7 Å². The number of nitrogens with zero attached hydrogens (tertiary/aromatic N) is 7. The number of ketones is 3. The van der Waals surface area contributed by atoms with Crippen LogP contribution < -0.4 is 27.5 Å². The number of amides is 1. The van der Waals surface area contributed by atoms with Gasteiger partial charge in [-0.3, -0.25) is 42.9 Å². The van der Waals surface area contributed by atoms with E-state index in [1.165, 1.54) is 89.0 Å². The Morgan fingerprint density at radius 1 is 0.741 bits per heavy atom. The van der Waals surface area contributed by atoms with Gasteiger partial charge in [0.05, 0.1) is 65.0 Å². The van der Waals surface area contributed by atoms with Gasteiger partial charge in [-0.1, -0.05) is 68.1 Å². The van der Waals surface area contributed by atoms with Crippen molar-refractivity contribution in [2.24, 2.45) is 11.1 Å². The summed E-state index contributed by atoms with van der Waals surface area (Å²) < 4.78 is 13.5. The fraction of sp³-hybridized carbons (Fsp3) is 0.155. The van der Waals surface area contributed by atoms with Gasteiger partial charge in [0.25, 0.3) is 28.7 Å². The summed E-state index contributed by atoms with van der Waals surface area (Å²) in [7, 11) is 1.05. The summed E-state index contributed by atoms with van der Waals surface area (Å²) in [6.45, 7) is 4.58. The lowest BCUT2D eigenvalue weighted by atomic mass is 9.96. The molecule has 0 atom stereocenters. The highest BCUT2D eigenvalue weighted by molar-refractivity contribution is 7.16. The highest BCUT2D eigenvalue weighted by atomic mass is 35.5. The van der Waals surface area contributed by atoms with Gasteiger partial charge in [0.1, 0.15) is 23.0 Å². The first-order valence-electron chi connectivity index (χ1n) is 25.0. The van der Waals surface area contributed by atoms with Crippen LogP contribution in [0.1, 0.15) is 92.8 Å². The molecule has 0 spiro atoms. The van der Waals surface area contributed by atoms with E-state index >= 15 is 0 Å². The zero-order valence-corrected chi connectivity index (χ0v) is 49.0. The van der Waals surface area contributed by atoms with Crippen LogP contribution in [0, 0.1) is 17.3 Å². The molecule has 0 aliphatic heterocycles. The number of ether oxygens (including phenoxy) is 1. The second-order valence-corrected chi connectivity index (χ2v) is 23.4. The topological polar surface area (TPSA) is 309 Å². The minimum Gasteiger partial charge on any atom is -0.477 e. The Morgan fingerprint density at radius 3 is 1.92 bits per heavy atom. The van der Waals surface area contributed by atoms with E-state index < -0.39 is 76.4 Å². The maximum Gasteiger partial charge on any atom is 0.376 e. The molecular weight excluding hydrogens is 1200 g/mol. The van der Waals surface area contributed by atoms with E-state index in [1.807, 2.05) is 18.2 Å². The molecule has 0 unspecified atom stereocenters. The van der Waals surface area contributed by atoms with Crippen molar-refractivity contribution >= 4 is 116 Å². The Bertz CT molecular complexity index is 4280. The fourth-order valence-corrected chi connectivity index (χ4v) is 10.6. The number of thiophene rings is 2. The van der Waals surface area contributed by atoms with Gasteiger partial charge in [-0.2, -0.15) is 19.6 Å². The molecule has 0 radical (unpaired) electrons. The molecule has 5 N–H and O–H groups in total. The highest BCUT2D eigenvalue weighted by Gasteiger charge is 2.30. The monoisotopic (exact) mass is 1240 g/mol. The number of carboxylic acids is 1. The lowest BCUT2D eigenvalue weighted by molar-refractivity contribution is -0.151. The van der Waals surface area contributed by atoms with Crippen molar-refractivity contribution in [2.45, 2.75) is 47.0 Å². The number of anilines is 2. The van der Waals surface area contributed by atoms with E-state index in [4.69, 9.17) is 28.9 Å². The van der Waals surface area contributed by atoms with Crippen LogP contribution in [-0.4, -0.2) is 92.3 Å². The second-order valence-electron chi connectivity index (χ2n) is 19.1. The van der Waals surface area contributed by atoms with Crippen molar-refractivity contribution in [3.05, 3.63) is 200 Å². The first-order valence-corrected chi connectivity index (χ1v) is 28.3. The molecule has 0 fully saturated rings. The maximum atomic E-state index is 13.8. The van der Waals surface area contributed by atoms with E-state index in [0.29, 0.717) is 20.8 Å². The number of aromatic nitrogens is 7. The number of primary amides is 1. The van der Waals surface area contributed by atoms with Crippen molar-refractivity contribution in [3.63, 3.8) is 0 Å². The third kappa shape index (κ3) is 14.7. The summed E-state index contributed by atoms with van der Waals surface area (Å²) in [4.78, 5) is 129. The normalized spacial score (nSPS) is 10.9. The van der Waals surface area contributed by atoms with Crippen LogP contribution in [0.3, 0.4) is 0 Å². The molecular formula is C58H46Cl2N10O12S3. The Kier molecular flexibility index (Phi) is 19.3. The number of carboxylic acid groups (broad SMARTS) is 1. The van der Waals surface area contributed by atoms with Crippen LogP contribution >= 0.6 is 57.4 Å². The number of Topliss-reactive ketones (excluding diaryl/α,β-unsaturated/α-hetero) is 3. The van der Waals surface area contributed by atoms with Crippen LogP contribution in [0.2, 0.25) is 8.67 Å². The number of aromatic carboxylic acids is 1. The number of carbonyl (C=O) groups excluding carboxylic acids is 7. The maximum absolute atomic E-state index is 13.8. The number of benzene rings is 2. The van der Waals surface area contributed by atoms with Crippen molar-refractivity contribution in [3.8, 4) is 34.4 Å². The summed E-state index contributed by atoms with van der Waals surface area (Å²) in [5, 5.41) is 26.7. The number of esters is 1. The standard InChI is InChI=1S/C31H27ClN4O6S.C27H19ClN6O6S2/c1-31(2,3)30(41)36-26(33-17-20-11-13-25(32)43-20)16-22(34-36)27-21(23(37)12-10-19-8-6-5-7-9-19)14-15-35(28(27)39)18-24(38)29(40)42-4;28-21-7-5-17(42-21)11-30-22-9-19(32-34(22)26(38)15-3-1-14(2-4-15)25(29)37)18-6-8-23(36)33(24(18)27(39)40)12-20(35)16-10-31-41-13-16/h5-9,11,13-16,33H,17-18H2,1-4H3;1-10,13,30H,11-12H2,(H2,29,37)(H,39,40). The van der Waals surface area contributed by atoms with Crippen molar-refractivity contribution < 1.29 is 48.2 Å². The zero-order valence-electron chi connectivity index (χ0n) is 45.1. The molecule has 85 heavy (non-hydrogen) atoms. The van der Waals surface area contributed by atoms with Crippen LogP contribution in [0.15, 0.2) is 137 Å². The van der Waals surface area contributed by atoms with Gasteiger partial charge < -0.3 is 30.8 Å². The van der Waals surface area contributed by atoms with E-state index in [1.54, 1.807) is 57.2 Å². The summed E-state index contributed by atoms with van der Waals surface area (Å²) in [6, 6.07) is 28.3. The Hall–Kier alpha value is -9.71. The first-order chi connectivity index (χ1) is 40.5. The number of pyridine rings is 2. The molecule has 27 heteroatoms. The molecule has 1 amide bonds. The van der Waals surface area contributed by atoms with Crippen LogP contribution in [0.4, 0.5) is 11.6 Å². The lowest BCUT2D eigenvalue weighted by Gasteiger charge is -2.18. The van der Waals surface area contributed by atoms with Gasteiger partial charge in [-0.25, -0.2) is 14.0 Å². The van der Waals surface area contributed by atoms with Crippen LogP contribution in [0.25, 0.3) is 22.5 Å². The molecule has 0 aliphatic rings. The Balaban J connectivity index is 0.000000221. The number of carbonyl (C=O) groups is 8. The molecule has 2 aromatic carbocycles. The van der Waals surface area contributed by atoms with Crippen molar-refractivity contribution in [2.75, 3.05) is 17.7 Å². The van der Waals surface area contributed by atoms with Gasteiger partial charge in [-0.05, 0) is 90.2 Å². The largest absolute Gasteiger partial charge is 0.477 e. The molecule has 9 rings (SSSR count). The summed E-state index contributed by atoms with van der Waals surface area (Å²) in [6.07, 6.45) is 2.56. The van der Waals surface area contributed by atoms with E-state index in [2.05, 4.69) is 41.8 Å². The molecule has 7 aromatic heterocycles. The number of nitrogens with one attached hydrogen (secondary N) is 2. The zero-order chi connectivity index (χ0) is 61.3. The molecule has 7 heterocycles. The quantitative estimate of drug-likeness (QED) is 0.0270. The van der Waals surface area contributed by atoms with Crippen molar-refractivity contribution in [1.82, 2.24) is 33.1 Å². The van der Waals surface area contributed by atoms with Crippen LogP contribution in [0.5, 0.6) is 0 Å². The van der Waals surface area contributed by atoms with Gasteiger partial charge in [0.15, 0.2) is 5.78 Å². The molecule has 432 valence electrons. The smallest absolute Gasteiger partial charge is 0.376 e. The van der Waals surface area contributed by atoms with Gasteiger partial charge >= 0.3 is 11.9 Å². The molecule has 22 nitrogen and oxygen atoms in total. The summed E-state index contributed by atoms with van der Waals surface area (Å²) in [5.41, 5.74) is 3.51. The van der Waals surface area contributed by atoms with Crippen molar-refractivity contribution in [1.29, 1.82) is 0 Å². The van der Waals surface area contributed by atoms with E-state index in [-0.39, 0.29) is 68.9 Å². The SMILES string of the molecule is COC(=O)C(=O)Cn1ccc(C(=O)C#Cc2ccccc2)c(-c2cc(NCc3ccc(Cl)s3)n(C(=O)C(C)(C)C)n2)c1=O.NC(=O)c1ccc(C(=O)n2nc(-c3ccc(=O)n(CC(=O)c4cnsc4)c3C(=O)O)cc2NCc2ccc(Cl)s2)cc1. The molecule has 0 bridgehead atoms. The Labute approximate surface area is 504 Å². The number of halogens is 2. The molecule has 0 saturated carbocycles. The number of methoxy groups -OCH3 is 1. The average Bonchev–Trinajstić information content (AvgIpc) is 2.39. The third-order valence-corrected chi connectivity index (χ3v) is 15.3. The first kappa shape index (κ1) is 61.4. The van der Waals surface area contributed by atoms with E-state index in [9.17, 15) is 53.1 Å². The summed E-state index contributed by atoms with van der Waals surface area (Å²) >= 11 is 15.8. The summed E-state index contributed by atoms with van der Waals surface area (Å²) in [5.74, 6) is -0.536. The molecule has 9 aromatic rings. The predicted molar refractivity (Wildman–Crippen MR) is 320 cm³/mol. The number of rotatable bonds is 18. The lowest BCUT2D eigenvalue weighted by Crippen LogP contribution is -2.31. The number of hydrogen-bond donors (Lipinski definition) is 4. The van der Waals surface area contributed by atoms with Gasteiger partial charge in [0, 0.05) is 72.8 Å². The fourth-order valence-electron chi connectivity index (χ4n) is 7.98. The molecule has 0 saturated heterocycles. The average molecular weight is 1240 g/mol. The number of hydrogen-bond acceptors (Lipinski definition) is 19. The van der Waals surface area contributed by atoms with E-state index in [0.717, 1.165) is 53.0 Å². The Morgan fingerprint density at radius 2 is 1.35 bits per heavy atom. The number of nitrogens with two attached hydrogens (primary N) is 1.